The SMILES string of the molecule is C=C(Br)CNC(CC)c1ccc(Cl)cc1Cl. The predicted molar refractivity (Wildman–Crippen MR) is 75.6 cm³/mol. The zero-order valence-corrected chi connectivity index (χ0v) is 12.2. The van der Waals surface area contributed by atoms with E-state index in [9.17, 15) is 0 Å². The molecule has 4 heteroatoms. The van der Waals surface area contributed by atoms with Gasteiger partial charge in [-0.05, 0) is 24.1 Å². The van der Waals surface area contributed by atoms with Crippen LogP contribution >= 0.6 is 39.1 Å². The van der Waals surface area contributed by atoms with Crippen LogP contribution in [0.4, 0.5) is 0 Å². The highest BCUT2D eigenvalue weighted by molar-refractivity contribution is 9.11. The third-order valence-electron chi connectivity index (χ3n) is 2.29. The van der Waals surface area contributed by atoms with Crippen molar-refractivity contribution in [2.24, 2.45) is 0 Å². The molecule has 0 radical (unpaired) electrons. The van der Waals surface area contributed by atoms with Crippen LogP contribution in [0.1, 0.15) is 24.9 Å². The van der Waals surface area contributed by atoms with Crippen LogP contribution in [0.5, 0.6) is 0 Å². The van der Waals surface area contributed by atoms with Crippen molar-refractivity contribution < 1.29 is 0 Å². The molecule has 0 saturated carbocycles. The number of benzene rings is 1. The Morgan fingerprint density at radius 1 is 1.50 bits per heavy atom. The van der Waals surface area contributed by atoms with Gasteiger partial charge >= 0.3 is 0 Å². The van der Waals surface area contributed by atoms with E-state index in [0.29, 0.717) is 10.0 Å². The van der Waals surface area contributed by atoms with E-state index in [1.165, 1.54) is 0 Å². The summed E-state index contributed by atoms with van der Waals surface area (Å²) in [5.41, 5.74) is 1.07. The largest absolute Gasteiger partial charge is 0.305 e. The van der Waals surface area contributed by atoms with Gasteiger partial charge in [-0.15, -0.1) is 0 Å². The molecule has 0 aliphatic carbocycles. The van der Waals surface area contributed by atoms with Gasteiger partial charge in [0.15, 0.2) is 0 Å². The fourth-order valence-corrected chi connectivity index (χ4v) is 2.19. The van der Waals surface area contributed by atoms with Crippen LogP contribution in [0.2, 0.25) is 10.0 Å². The Kier molecular flexibility index (Phi) is 5.84. The summed E-state index contributed by atoms with van der Waals surface area (Å²) in [6.45, 7) is 6.62. The molecule has 0 heterocycles. The molecule has 0 aliphatic heterocycles. The van der Waals surface area contributed by atoms with Gasteiger partial charge in [-0.1, -0.05) is 58.7 Å². The Balaban J connectivity index is 2.82. The monoisotopic (exact) mass is 321 g/mol. The van der Waals surface area contributed by atoms with Crippen molar-refractivity contribution in [1.82, 2.24) is 5.32 Å². The topological polar surface area (TPSA) is 12.0 Å². The molecule has 1 unspecified atom stereocenters. The maximum absolute atomic E-state index is 6.16. The normalized spacial score (nSPS) is 12.5. The van der Waals surface area contributed by atoms with Crippen LogP contribution in [0.25, 0.3) is 0 Å². The van der Waals surface area contributed by atoms with Crippen molar-refractivity contribution >= 4 is 39.1 Å². The van der Waals surface area contributed by atoms with Gasteiger partial charge < -0.3 is 5.32 Å². The molecule has 88 valence electrons. The summed E-state index contributed by atoms with van der Waals surface area (Å²) in [7, 11) is 0. The van der Waals surface area contributed by atoms with Gasteiger partial charge in [-0.3, -0.25) is 0 Å². The van der Waals surface area contributed by atoms with Gasteiger partial charge in [0.1, 0.15) is 0 Å². The summed E-state index contributed by atoms with van der Waals surface area (Å²) < 4.78 is 0.927. The Labute approximate surface area is 115 Å². The predicted octanol–water partition coefficient (Wildman–Crippen LogP) is 4.94. The lowest BCUT2D eigenvalue weighted by atomic mass is 10.0. The average molecular weight is 323 g/mol. The second kappa shape index (κ2) is 6.65. The van der Waals surface area contributed by atoms with Gasteiger partial charge in [-0.25, -0.2) is 0 Å². The van der Waals surface area contributed by atoms with Crippen molar-refractivity contribution in [2.75, 3.05) is 6.54 Å². The molecule has 16 heavy (non-hydrogen) atoms. The lowest BCUT2D eigenvalue weighted by Gasteiger charge is -2.18. The zero-order valence-electron chi connectivity index (χ0n) is 9.06. The van der Waals surface area contributed by atoms with Gasteiger partial charge in [0, 0.05) is 27.1 Å². The van der Waals surface area contributed by atoms with Gasteiger partial charge in [0.2, 0.25) is 0 Å². The molecule has 0 aliphatic rings. The van der Waals surface area contributed by atoms with Gasteiger partial charge in [0.05, 0.1) is 0 Å². The first-order valence-corrected chi connectivity index (χ1v) is 6.61. The minimum Gasteiger partial charge on any atom is -0.305 e. The molecule has 1 nitrogen and oxygen atoms in total. The fourth-order valence-electron chi connectivity index (χ4n) is 1.49. The van der Waals surface area contributed by atoms with E-state index < -0.39 is 0 Å². The van der Waals surface area contributed by atoms with E-state index in [2.05, 4.69) is 34.7 Å². The Morgan fingerprint density at radius 2 is 2.19 bits per heavy atom. The molecule has 0 bridgehead atoms. The number of hydrogen-bond donors (Lipinski definition) is 1. The van der Waals surface area contributed by atoms with E-state index in [4.69, 9.17) is 23.2 Å². The maximum Gasteiger partial charge on any atom is 0.0468 e. The van der Waals surface area contributed by atoms with Crippen LogP contribution < -0.4 is 5.32 Å². The number of rotatable bonds is 5. The van der Waals surface area contributed by atoms with E-state index in [0.717, 1.165) is 23.0 Å². The van der Waals surface area contributed by atoms with Crippen LogP contribution in [0.3, 0.4) is 0 Å². The summed E-state index contributed by atoms with van der Waals surface area (Å²) >= 11 is 15.3. The lowest BCUT2D eigenvalue weighted by molar-refractivity contribution is 0.550. The summed E-state index contributed by atoms with van der Waals surface area (Å²) in [6.07, 6.45) is 0.960. The molecule has 1 atom stereocenters. The Morgan fingerprint density at radius 3 is 2.69 bits per heavy atom. The molecular weight excluding hydrogens is 309 g/mol. The van der Waals surface area contributed by atoms with Crippen molar-refractivity contribution in [3.8, 4) is 0 Å². The first kappa shape index (κ1) is 14.0. The number of hydrogen-bond acceptors (Lipinski definition) is 1. The molecule has 1 aromatic carbocycles. The van der Waals surface area contributed by atoms with Crippen LogP contribution in [-0.2, 0) is 0 Å². The Bertz CT molecular complexity index is 379. The molecule has 0 spiro atoms. The van der Waals surface area contributed by atoms with E-state index in [-0.39, 0.29) is 6.04 Å². The highest BCUT2D eigenvalue weighted by atomic mass is 79.9. The van der Waals surface area contributed by atoms with Crippen LogP contribution in [0.15, 0.2) is 29.3 Å². The average Bonchev–Trinajstić information content (AvgIpc) is 2.21. The van der Waals surface area contributed by atoms with Crippen molar-refractivity contribution in [3.63, 3.8) is 0 Å². The quantitative estimate of drug-likeness (QED) is 0.809. The summed E-state index contributed by atoms with van der Waals surface area (Å²) in [6, 6.07) is 5.81. The van der Waals surface area contributed by atoms with Gasteiger partial charge in [0.25, 0.3) is 0 Å². The molecule has 0 amide bonds. The van der Waals surface area contributed by atoms with E-state index >= 15 is 0 Å². The fraction of sp³-hybridized carbons (Fsp3) is 0.333. The summed E-state index contributed by atoms with van der Waals surface area (Å²) in [4.78, 5) is 0. The third-order valence-corrected chi connectivity index (χ3v) is 3.13. The highest BCUT2D eigenvalue weighted by Gasteiger charge is 2.12. The molecule has 0 fully saturated rings. The van der Waals surface area contributed by atoms with Crippen LogP contribution in [0, 0.1) is 0 Å². The zero-order chi connectivity index (χ0) is 12.1. The lowest BCUT2D eigenvalue weighted by Crippen LogP contribution is -2.22. The molecular formula is C12H14BrCl2N. The minimum absolute atomic E-state index is 0.221. The smallest absolute Gasteiger partial charge is 0.0468 e. The highest BCUT2D eigenvalue weighted by Crippen LogP contribution is 2.28. The summed E-state index contributed by atoms with van der Waals surface area (Å²) in [5.74, 6) is 0. The molecule has 1 rings (SSSR count). The second-order valence-corrected chi connectivity index (χ2v) is 5.49. The van der Waals surface area contributed by atoms with E-state index in [1.54, 1.807) is 6.07 Å². The third kappa shape index (κ3) is 4.10. The van der Waals surface area contributed by atoms with Crippen molar-refractivity contribution in [3.05, 3.63) is 44.9 Å². The Hall–Kier alpha value is -0.0200. The van der Waals surface area contributed by atoms with Crippen LogP contribution in [-0.4, -0.2) is 6.54 Å². The van der Waals surface area contributed by atoms with Gasteiger partial charge in [-0.2, -0.15) is 0 Å². The molecule has 1 N–H and O–H groups in total. The molecule has 0 saturated heterocycles. The van der Waals surface area contributed by atoms with Crippen molar-refractivity contribution in [1.29, 1.82) is 0 Å². The van der Waals surface area contributed by atoms with Crippen molar-refractivity contribution in [2.45, 2.75) is 19.4 Å². The molecule has 1 aromatic rings. The maximum atomic E-state index is 6.16. The minimum atomic E-state index is 0.221. The second-order valence-electron chi connectivity index (χ2n) is 3.52. The first-order valence-electron chi connectivity index (χ1n) is 5.06. The standard InChI is InChI=1S/C12H14BrCl2N/c1-3-12(16-7-8(2)13)10-5-4-9(14)6-11(10)15/h4-6,12,16H,2-3,7H2,1H3. The van der Waals surface area contributed by atoms with E-state index in [1.807, 2.05) is 12.1 Å². The number of nitrogens with one attached hydrogen (secondary N) is 1. The first-order chi connectivity index (χ1) is 7.54. The number of halogens is 3. The summed E-state index contributed by atoms with van der Waals surface area (Å²) in [5, 5.41) is 4.73. The molecule has 0 aromatic heterocycles.